The number of benzene rings is 5. The van der Waals surface area contributed by atoms with Crippen molar-refractivity contribution >= 4 is 38.4 Å². The molecule has 0 amide bonds. The Morgan fingerprint density at radius 1 is 0.529 bits per heavy atom. The average Bonchev–Trinajstić information content (AvgIpc) is 3.46. The predicted molar refractivity (Wildman–Crippen MR) is 136 cm³/mol. The normalized spacial score (nSPS) is 12.8. The molecular formula is C31H18IN2-. The molecule has 2 nitrogen and oxygen atoms in total. The molecule has 8 rings (SSSR count). The van der Waals surface area contributed by atoms with Crippen LogP contribution in [0.3, 0.4) is 0 Å². The first-order valence-corrected chi connectivity index (χ1v) is 13.6. The summed E-state index contributed by atoms with van der Waals surface area (Å²) < 4.78 is 5.40. The molecule has 0 aliphatic carbocycles. The first-order chi connectivity index (χ1) is 16.8. The van der Waals surface area contributed by atoms with Crippen molar-refractivity contribution < 1.29 is 21.2 Å². The van der Waals surface area contributed by atoms with E-state index in [0.29, 0.717) is 0 Å². The van der Waals surface area contributed by atoms with Crippen LogP contribution in [0, 0.1) is 7.14 Å². The van der Waals surface area contributed by atoms with Gasteiger partial charge in [-0.2, -0.15) is 0 Å². The van der Waals surface area contributed by atoms with Crippen molar-refractivity contribution in [2.75, 3.05) is 0 Å². The zero-order valence-electron chi connectivity index (χ0n) is 18.2. The summed E-state index contributed by atoms with van der Waals surface area (Å²) in [6.45, 7) is 0. The number of rotatable bonds is 1. The van der Waals surface area contributed by atoms with Gasteiger partial charge >= 0.3 is 208 Å². The van der Waals surface area contributed by atoms with Gasteiger partial charge in [0.05, 0.1) is 0 Å². The summed E-state index contributed by atoms with van der Waals surface area (Å²) in [5.41, 5.74) is 9.71. The fourth-order valence-electron chi connectivity index (χ4n) is 5.34. The van der Waals surface area contributed by atoms with Gasteiger partial charge < -0.3 is 0 Å². The second-order valence-corrected chi connectivity index (χ2v) is 11.7. The molecule has 2 aromatic heterocycles. The zero-order valence-corrected chi connectivity index (χ0v) is 20.3. The van der Waals surface area contributed by atoms with Crippen LogP contribution in [-0.4, -0.2) is 9.38 Å². The van der Waals surface area contributed by atoms with Crippen molar-refractivity contribution in [2.45, 2.75) is 0 Å². The summed E-state index contributed by atoms with van der Waals surface area (Å²) in [7, 11) is 0. The van der Waals surface area contributed by atoms with Gasteiger partial charge in [0.1, 0.15) is 0 Å². The van der Waals surface area contributed by atoms with Crippen LogP contribution in [0.25, 0.3) is 60.6 Å². The second kappa shape index (κ2) is 6.90. The maximum absolute atomic E-state index is 5.15. The Bertz CT molecular complexity index is 1930. The minimum absolute atomic E-state index is 0.163. The van der Waals surface area contributed by atoms with Crippen molar-refractivity contribution in [2.24, 2.45) is 0 Å². The van der Waals surface area contributed by atoms with E-state index in [9.17, 15) is 0 Å². The van der Waals surface area contributed by atoms with Gasteiger partial charge in [-0.3, -0.25) is 0 Å². The number of para-hydroxylation sites is 2. The number of aromatic nitrogens is 2. The number of hydrogen-bond donors (Lipinski definition) is 0. The Balaban J connectivity index is 1.56. The van der Waals surface area contributed by atoms with E-state index in [1.807, 2.05) is 0 Å². The minimum atomic E-state index is -0.163. The predicted octanol–water partition coefficient (Wildman–Crippen LogP) is 4.57. The Hall–Kier alpha value is -3.70. The molecule has 0 saturated carbocycles. The molecule has 0 unspecified atom stereocenters. The molecule has 0 atom stereocenters. The van der Waals surface area contributed by atoms with Gasteiger partial charge in [0.15, 0.2) is 0 Å². The Labute approximate surface area is 206 Å². The summed E-state index contributed by atoms with van der Waals surface area (Å²) in [4.78, 5) is 5.15. The number of fused-ring (bicyclic) bond motifs is 11. The Morgan fingerprint density at radius 3 is 2.29 bits per heavy atom. The number of hydrogen-bond acceptors (Lipinski definition) is 1. The van der Waals surface area contributed by atoms with E-state index in [0.717, 1.165) is 16.7 Å². The molecule has 0 bridgehead atoms. The van der Waals surface area contributed by atoms with E-state index < -0.39 is 0 Å². The first kappa shape index (κ1) is 18.7. The van der Waals surface area contributed by atoms with Gasteiger partial charge in [-0.1, -0.05) is 0 Å². The third kappa shape index (κ3) is 2.53. The SMILES string of the molecule is c1ccc(-c2ccc3c4cc5c(cc4c4nc6ccccc6n4c3c2)-c2ccccc2[I-]5)cc1. The second-order valence-electron chi connectivity index (χ2n) is 8.81. The zero-order chi connectivity index (χ0) is 22.2. The van der Waals surface area contributed by atoms with Crippen LogP contribution in [-0.2, 0) is 0 Å². The van der Waals surface area contributed by atoms with Crippen LogP contribution < -0.4 is 21.2 Å². The average molecular weight is 545 g/mol. The van der Waals surface area contributed by atoms with Gasteiger partial charge in [0.2, 0.25) is 0 Å². The van der Waals surface area contributed by atoms with Gasteiger partial charge in [0, 0.05) is 0 Å². The molecule has 3 heteroatoms. The van der Waals surface area contributed by atoms with Crippen LogP contribution in [0.15, 0.2) is 109 Å². The topological polar surface area (TPSA) is 17.3 Å². The van der Waals surface area contributed by atoms with Crippen molar-refractivity contribution in [3.63, 3.8) is 0 Å². The van der Waals surface area contributed by atoms with E-state index >= 15 is 0 Å². The molecule has 160 valence electrons. The van der Waals surface area contributed by atoms with E-state index in [2.05, 4.69) is 114 Å². The van der Waals surface area contributed by atoms with E-state index in [1.165, 1.54) is 51.1 Å². The van der Waals surface area contributed by atoms with Gasteiger partial charge in [-0.05, 0) is 0 Å². The van der Waals surface area contributed by atoms with E-state index in [-0.39, 0.29) is 21.2 Å². The van der Waals surface area contributed by atoms with Gasteiger partial charge in [-0.25, -0.2) is 0 Å². The Kier molecular flexibility index (Phi) is 3.80. The number of pyridine rings is 1. The summed E-state index contributed by atoms with van der Waals surface area (Å²) in [6.07, 6.45) is 0. The number of nitrogens with zero attached hydrogens (tertiary/aromatic N) is 2. The van der Waals surface area contributed by atoms with Gasteiger partial charge in [0.25, 0.3) is 0 Å². The van der Waals surface area contributed by atoms with Crippen molar-refractivity contribution in [3.05, 3.63) is 116 Å². The summed E-state index contributed by atoms with van der Waals surface area (Å²) in [5.74, 6) is 0. The third-order valence-corrected chi connectivity index (χ3v) is 9.91. The summed E-state index contributed by atoms with van der Waals surface area (Å²) >= 11 is -0.163. The molecule has 0 spiro atoms. The quantitative estimate of drug-likeness (QED) is 0.218. The van der Waals surface area contributed by atoms with Crippen LogP contribution >= 0.6 is 0 Å². The monoisotopic (exact) mass is 545 g/mol. The van der Waals surface area contributed by atoms with Crippen LogP contribution in [0.2, 0.25) is 0 Å². The molecule has 0 radical (unpaired) electrons. The number of halogens is 1. The van der Waals surface area contributed by atoms with E-state index in [4.69, 9.17) is 4.98 Å². The summed E-state index contributed by atoms with van der Waals surface area (Å²) in [5, 5.41) is 3.83. The van der Waals surface area contributed by atoms with Crippen molar-refractivity contribution in [3.8, 4) is 22.3 Å². The van der Waals surface area contributed by atoms with Gasteiger partial charge in [-0.15, -0.1) is 0 Å². The fourth-order valence-corrected chi connectivity index (χ4v) is 8.32. The molecule has 0 saturated heterocycles. The molecule has 3 heterocycles. The molecule has 7 aromatic rings. The summed E-state index contributed by atoms with van der Waals surface area (Å²) in [6, 6.07) is 39.8. The molecule has 34 heavy (non-hydrogen) atoms. The molecule has 1 aliphatic rings. The van der Waals surface area contributed by atoms with Crippen molar-refractivity contribution in [1.29, 1.82) is 0 Å². The van der Waals surface area contributed by atoms with Crippen LogP contribution in [0.5, 0.6) is 0 Å². The fraction of sp³-hybridized carbons (Fsp3) is 0. The molecule has 1 aliphatic heterocycles. The third-order valence-electron chi connectivity index (χ3n) is 6.91. The van der Waals surface area contributed by atoms with Crippen LogP contribution in [0.4, 0.5) is 0 Å². The molecule has 0 N–H and O–H groups in total. The standard InChI is InChI=1S/C31H18IN2/c1-2-8-19(9-3-1)20-14-15-22-23-18-27-24(21-10-4-5-11-26(21)32-27)17-25(23)31-33-28-12-6-7-13-29(28)34(31)30(22)16-20/h1-18H/q-1. The molecule has 5 aromatic carbocycles. The van der Waals surface area contributed by atoms with Crippen LogP contribution in [0.1, 0.15) is 0 Å². The first-order valence-electron chi connectivity index (χ1n) is 11.5. The Morgan fingerprint density at radius 2 is 1.35 bits per heavy atom. The molecular weight excluding hydrogens is 527 g/mol. The number of imidazole rings is 1. The van der Waals surface area contributed by atoms with Crippen molar-refractivity contribution in [1.82, 2.24) is 9.38 Å². The van der Waals surface area contributed by atoms with E-state index in [1.54, 1.807) is 0 Å². The maximum atomic E-state index is 5.15. The molecule has 0 fully saturated rings.